The summed E-state index contributed by atoms with van der Waals surface area (Å²) in [6.07, 6.45) is 6.31. The first kappa shape index (κ1) is 11.4. The number of hydrogen-bond acceptors (Lipinski definition) is 2. The molecule has 1 aliphatic rings. The Morgan fingerprint density at radius 3 is 2.83 bits per heavy atom. The van der Waals surface area contributed by atoms with Gasteiger partial charge in [-0.25, -0.2) is 9.37 Å². The van der Waals surface area contributed by atoms with Crippen LogP contribution >= 0.6 is 0 Å². The molecule has 3 rings (SSSR count). The van der Waals surface area contributed by atoms with Gasteiger partial charge in [0, 0.05) is 24.3 Å². The van der Waals surface area contributed by atoms with Gasteiger partial charge in [0.05, 0.1) is 12.0 Å². The Labute approximate surface area is 106 Å². The van der Waals surface area contributed by atoms with Gasteiger partial charge in [0.2, 0.25) is 0 Å². The molecular formula is C14H16FN3. The largest absolute Gasteiger partial charge is 0.332 e. The van der Waals surface area contributed by atoms with E-state index in [0.717, 1.165) is 24.3 Å². The van der Waals surface area contributed by atoms with E-state index in [0.29, 0.717) is 6.04 Å². The van der Waals surface area contributed by atoms with Crippen molar-refractivity contribution in [2.45, 2.75) is 18.9 Å². The van der Waals surface area contributed by atoms with Gasteiger partial charge in [-0.15, -0.1) is 0 Å². The second kappa shape index (κ2) is 4.90. The van der Waals surface area contributed by atoms with Crippen LogP contribution in [0.5, 0.6) is 0 Å². The molecule has 18 heavy (non-hydrogen) atoms. The molecule has 1 fully saturated rings. The molecule has 0 amide bonds. The predicted octanol–water partition coefficient (Wildman–Crippen LogP) is 2.61. The van der Waals surface area contributed by atoms with Gasteiger partial charge in [-0.2, -0.15) is 0 Å². The van der Waals surface area contributed by atoms with Gasteiger partial charge in [0.1, 0.15) is 5.82 Å². The molecule has 1 aromatic carbocycles. The van der Waals surface area contributed by atoms with Gasteiger partial charge in [-0.1, -0.05) is 0 Å². The van der Waals surface area contributed by atoms with Gasteiger partial charge in [-0.3, -0.25) is 0 Å². The zero-order chi connectivity index (χ0) is 12.4. The molecule has 2 heterocycles. The number of rotatable bonds is 2. The summed E-state index contributed by atoms with van der Waals surface area (Å²) in [6.45, 7) is 2.11. The highest BCUT2D eigenvalue weighted by Gasteiger charge is 2.15. The lowest BCUT2D eigenvalue weighted by Crippen LogP contribution is -2.31. The van der Waals surface area contributed by atoms with E-state index in [4.69, 9.17) is 0 Å². The maximum absolute atomic E-state index is 12.9. The predicted molar refractivity (Wildman–Crippen MR) is 68.8 cm³/mol. The lowest BCUT2D eigenvalue weighted by molar-refractivity contribution is 0.371. The van der Waals surface area contributed by atoms with Crippen LogP contribution in [0.3, 0.4) is 0 Å². The zero-order valence-corrected chi connectivity index (χ0v) is 10.1. The quantitative estimate of drug-likeness (QED) is 0.881. The van der Waals surface area contributed by atoms with Gasteiger partial charge < -0.3 is 9.88 Å². The van der Waals surface area contributed by atoms with Crippen molar-refractivity contribution in [3.63, 3.8) is 0 Å². The molecule has 0 unspecified atom stereocenters. The second-order valence-electron chi connectivity index (χ2n) is 4.71. The second-order valence-corrected chi connectivity index (χ2v) is 4.71. The standard InChI is InChI=1S/C14H16FN3/c15-12-5-3-11(4-6-12)14-9-18(10-17-14)13-2-1-7-16-8-13/h3-6,9-10,13,16H,1-2,7-8H2/t13-/m0/s1. The molecule has 0 bridgehead atoms. The molecule has 4 heteroatoms. The first-order valence-corrected chi connectivity index (χ1v) is 6.33. The van der Waals surface area contributed by atoms with Crippen molar-refractivity contribution in [3.05, 3.63) is 42.6 Å². The van der Waals surface area contributed by atoms with E-state index in [9.17, 15) is 4.39 Å². The first-order valence-electron chi connectivity index (χ1n) is 6.33. The molecule has 0 saturated carbocycles. The summed E-state index contributed by atoms with van der Waals surface area (Å²) < 4.78 is 15.0. The Morgan fingerprint density at radius 2 is 2.11 bits per heavy atom. The van der Waals surface area contributed by atoms with Crippen molar-refractivity contribution >= 4 is 0 Å². The Morgan fingerprint density at radius 1 is 1.28 bits per heavy atom. The number of aromatic nitrogens is 2. The topological polar surface area (TPSA) is 29.9 Å². The highest BCUT2D eigenvalue weighted by atomic mass is 19.1. The Balaban J connectivity index is 1.82. The molecule has 1 aromatic heterocycles. The SMILES string of the molecule is Fc1ccc(-c2cn([C@H]3CCCNC3)cn2)cc1. The lowest BCUT2D eigenvalue weighted by Gasteiger charge is -2.23. The summed E-state index contributed by atoms with van der Waals surface area (Å²) in [5.74, 6) is -0.213. The highest BCUT2D eigenvalue weighted by Crippen LogP contribution is 2.22. The highest BCUT2D eigenvalue weighted by molar-refractivity contribution is 5.57. The summed E-state index contributed by atoms with van der Waals surface area (Å²) in [5, 5.41) is 3.39. The van der Waals surface area contributed by atoms with E-state index in [-0.39, 0.29) is 5.82 Å². The Kier molecular flexibility index (Phi) is 3.11. The van der Waals surface area contributed by atoms with Gasteiger partial charge in [-0.05, 0) is 43.7 Å². The Hall–Kier alpha value is -1.68. The van der Waals surface area contributed by atoms with E-state index in [1.165, 1.54) is 25.0 Å². The molecule has 1 aliphatic heterocycles. The average molecular weight is 245 g/mol. The number of nitrogens with zero attached hydrogens (tertiary/aromatic N) is 2. The van der Waals surface area contributed by atoms with Crippen LogP contribution < -0.4 is 5.32 Å². The summed E-state index contributed by atoms with van der Waals surface area (Å²) in [4.78, 5) is 4.40. The normalized spacial score (nSPS) is 19.9. The summed E-state index contributed by atoms with van der Waals surface area (Å²) >= 11 is 0. The van der Waals surface area contributed by atoms with Crippen molar-refractivity contribution < 1.29 is 4.39 Å². The van der Waals surface area contributed by atoms with E-state index < -0.39 is 0 Å². The third-order valence-corrected chi connectivity index (χ3v) is 3.43. The van der Waals surface area contributed by atoms with Crippen LogP contribution in [0, 0.1) is 5.82 Å². The number of halogens is 1. The van der Waals surface area contributed by atoms with Crippen LogP contribution in [0.1, 0.15) is 18.9 Å². The van der Waals surface area contributed by atoms with Crippen LogP contribution in [0.25, 0.3) is 11.3 Å². The number of nitrogens with one attached hydrogen (secondary N) is 1. The molecule has 1 atom stereocenters. The van der Waals surface area contributed by atoms with Gasteiger partial charge >= 0.3 is 0 Å². The minimum absolute atomic E-state index is 0.213. The molecule has 0 radical (unpaired) electrons. The maximum Gasteiger partial charge on any atom is 0.123 e. The molecule has 3 nitrogen and oxygen atoms in total. The molecule has 1 N–H and O–H groups in total. The molecule has 2 aromatic rings. The van der Waals surface area contributed by atoms with Crippen molar-refractivity contribution in [2.24, 2.45) is 0 Å². The lowest BCUT2D eigenvalue weighted by atomic mass is 10.1. The molecule has 94 valence electrons. The number of piperidine rings is 1. The number of hydrogen-bond donors (Lipinski definition) is 1. The van der Waals surface area contributed by atoms with E-state index in [1.54, 1.807) is 12.1 Å². The van der Waals surface area contributed by atoms with Crippen LogP contribution in [0.4, 0.5) is 4.39 Å². The molecule has 0 spiro atoms. The van der Waals surface area contributed by atoms with Crippen LogP contribution in [0.15, 0.2) is 36.8 Å². The van der Waals surface area contributed by atoms with Crippen molar-refractivity contribution in [1.82, 2.24) is 14.9 Å². The summed E-state index contributed by atoms with van der Waals surface area (Å²) in [6, 6.07) is 6.95. The van der Waals surface area contributed by atoms with Crippen LogP contribution in [-0.4, -0.2) is 22.6 Å². The Bertz CT molecular complexity index is 512. The van der Waals surface area contributed by atoms with E-state index in [2.05, 4.69) is 14.9 Å². The van der Waals surface area contributed by atoms with Gasteiger partial charge in [0.25, 0.3) is 0 Å². The third-order valence-electron chi connectivity index (χ3n) is 3.43. The van der Waals surface area contributed by atoms with Crippen molar-refractivity contribution in [3.8, 4) is 11.3 Å². The zero-order valence-electron chi connectivity index (χ0n) is 10.1. The smallest absolute Gasteiger partial charge is 0.123 e. The fourth-order valence-electron chi connectivity index (χ4n) is 2.39. The van der Waals surface area contributed by atoms with Crippen LogP contribution in [-0.2, 0) is 0 Å². The minimum Gasteiger partial charge on any atom is -0.332 e. The third kappa shape index (κ3) is 2.29. The molecule has 1 saturated heterocycles. The first-order chi connectivity index (χ1) is 8.83. The van der Waals surface area contributed by atoms with Crippen molar-refractivity contribution in [1.29, 1.82) is 0 Å². The molecular weight excluding hydrogens is 229 g/mol. The fraction of sp³-hybridized carbons (Fsp3) is 0.357. The monoisotopic (exact) mass is 245 g/mol. The average Bonchev–Trinajstić information content (AvgIpc) is 2.90. The van der Waals surface area contributed by atoms with Crippen LogP contribution in [0.2, 0.25) is 0 Å². The minimum atomic E-state index is -0.213. The number of imidazole rings is 1. The summed E-state index contributed by atoms with van der Waals surface area (Å²) in [7, 11) is 0. The fourth-order valence-corrected chi connectivity index (χ4v) is 2.39. The van der Waals surface area contributed by atoms with E-state index >= 15 is 0 Å². The van der Waals surface area contributed by atoms with E-state index in [1.807, 2.05) is 12.5 Å². The summed E-state index contributed by atoms with van der Waals surface area (Å²) in [5.41, 5.74) is 1.86. The van der Waals surface area contributed by atoms with Crippen molar-refractivity contribution in [2.75, 3.05) is 13.1 Å². The van der Waals surface area contributed by atoms with Gasteiger partial charge in [0.15, 0.2) is 0 Å². The number of benzene rings is 1. The maximum atomic E-state index is 12.9. The molecule has 0 aliphatic carbocycles.